The van der Waals surface area contributed by atoms with Gasteiger partial charge in [-0.3, -0.25) is 37.9 Å². The smallest absolute Gasteiger partial charge is 0.262 e. The van der Waals surface area contributed by atoms with Crippen LogP contribution >= 0.6 is 23.2 Å². The Hall–Kier alpha value is -4.14. The SMILES string of the molecule is O=C(Cl)[C@H](Cc1ccccc1)n1c(=O)c2cc3c(=O)n([C@@H](Cc4ccccc4)C(=O)Cl)c(=O)c3cc2c1=O. The van der Waals surface area contributed by atoms with Gasteiger partial charge in [-0.1, -0.05) is 60.7 Å². The molecule has 0 saturated heterocycles. The first-order valence-corrected chi connectivity index (χ1v) is 12.3. The first-order chi connectivity index (χ1) is 18.2. The van der Waals surface area contributed by atoms with Crippen LogP contribution < -0.4 is 22.2 Å². The molecule has 10 heteroatoms. The minimum Gasteiger partial charge on any atom is -0.279 e. The predicted molar refractivity (Wildman–Crippen MR) is 145 cm³/mol. The Kier molecular flexibility index (Phi) is 6.69. The molecule has 190 valence electrons. The predicted octanol–water partition coefficient (Wildman–Crippen LogP) is 3.01. The molecule has 0 saturated carbocycles. The quantitative estimate of drug-likeness (QED) is 0.275. The first kappa shape index (κ1) is 25.5. The maximum Gasteiger partial charge on any atom is 0.262 e. The Labute approximate surface area is 224 Å². The fraction of sp³-hybridized carbons (Fsp3) is 0.143. The minimum absolute atomic E-state index is 0.000997. The van der Waals surface area contributed by atoms with Crippen LogP contribution in [0.4, 0.5) is 0 Å². The van der Waals surface area contributed by atoms with Crippen LogP contribution in [0, 0.1) is 0 Å². The molecule has 2 heterocycles. The number of rotatable bonds is 8. The summed E-state index contributed by atoms with van der Waals surface area (Å²) >= 11 is 11.6. The Bertz CT molecular complexity index is 1700. The van der Waals surface area contributed by atoms with Crippen LogP contribution in [0.1, 0.15) is 23.2 Å². The summed E-state index contributed by atoms with van der Waals surface area (Å²) in [5.41, 5.74) is -1.87. The number of carbonyl (C=O) groups excluding carboxylic acids is 2. The number of halogens is 2. The molecule has 0 aliphatic rings. The monoisotopic (exact) mass is 548 g/mol. The maximum absolute atomic E-state index is 13.3. The van der Waals surface area contributed by atoms with Crippen molar-refractivity contribution in [2.24, 2.45) is 0 Å². The maximum atomic E-state index is 13.3. The molecule has 2 atom stereocenters. The molecule has 0 unspecified atom stereocenters. The number of carbonyl (C=O) groups is 2. The Balaban J connectivity index is 1.68. The summed E-state index contributed by atoms with van der Waals surface area (Å²) in [6.07, 6.45) is -0.00199. The van der Waals surface area contributed by atoms with Gasteiger partial charge in [-0.2, -0.15) is 0 Å². The van der Waals surface area contributed by atoms with Crippen molar-refractivity contribution in [2.45, 2.75) is 24.9 Å². The van der Waals surface area contributed by atoms with E-state index in [0.29, 0.717) is 11.1 Å². The van der Waals surface area contributed by atoms with E-state index >= 15 is 0 Å². The molecular formula is C28H18Cl2N2O6. The average Bonchev–Trinajstić information content (AvgIpc) is 3.29. The van der Waals surface area contributed by atoms with Gasteiger partial charge in [0, 0.05) is 12.8 Å². The van der Waals surface area contributed by atoms with Crippen molar-refractivity contribution in [3.63, 3.8) is 0 Å². The Morgan fingerprint density at radius 3 is 1.11 bits per heavy atom. The highest BCUT2D eigenvalue weighted by Crippen LogP contribution is 2.21. The fourth-order valence-electron chi connectivity index (χ4n) is 4.80. The van der Waals surface area contributed by atoms with Gasteiger partial charge in [0.2, 0.25) is 10.5 Å². The van der Waals surface area contributed by atoms with Crippen LogP contribution in [0.2, 0.25) is 0 Å². The summed E-state index contributed by atoms with van der Waals surface area (Å²) in [6.45, 7) is 0. The van der Waals surface area contributed by atoms with E-state index < -0.39 is 44.8 Å². The second-order valence-electron chi connectivity index (χ2n) is 8.92. The lowest BCUT2D eigenvalue weighted by atomic mass is 10.1. The molecule has 5 rings (SSSR count). The standard InChI is InChI=1S/C28H18Cl2N2O6/c29-23(33)21(11-15-7-3-1-4-8-15)31-25(35)17-13-19-20(14-18(17)26(31)36)28(38)32(27(19)37)22(24(30)34)12-16-9-5-2-6-10-16/h1-10,13-14,21-22H,11-12H2/t21-,22-/m0/s1. The van der Waals surface area contributed by atoms with Crippen molar-refractivity contribution in [3.05, 3.63) is 125 Å². The lowest BCUT2D eigenvalue weighted by Gasteiger charge is -2.13. The normalized spacial score (nSPS) is 13.1. The van der Waals surface area contributed by atoms with Gasteiger partial charge in [0.25, 0.3) is 22.2 Å². The zero-order valence-electron chi connectivity index (χ0n) is 19.6. The highest BCUT2D eigenvalue weighted by molar-refractivity contribution is 6.64. The highest BCUT2D eigenvalue weighted by atomic mass is 35.5. The van der Waals surface area contributed by atoms with E-state index in [1.165, 1.54) is 0 Å². The molecule has 3 aromatic carbocycles. The van der Waals surface area contributed by atoms with Gasteiger partial charge in [0.05, 0.1) is 21.5 Å². The van der Waals surface area contributed by atoms with Gasteiger partial charge in [0.15, 0.2) is 0 Å². The Morgan fingerprint density at radius 2 is 0.842 bits per heavy atom. The van der Waals surface area contributed by atoms with Crippen molar-refractivity contribution in [3.8, 4) is 0 Å². The molecule has 0 fully saturated rings. The fourth-order valence-corrected chi connectivity index (χ4v) is 5.15. The van der Waals surface area contributed by atoms with E-state index in [2.05, 4.69) is 0 Å². The zero-order chi connectivity index (χ0) is 27.1. The third-order valence-electron chi connectivity index (χ3n) is 6.65. The van der Waals surface area contributed by atoms with Crippen molar-refractivity contribution in [2.75, 3.05) is 0 Å². The minimum atomic E-state index is -1.28. The highest BCUT2D eigenvalue weighted by Gasteiger charge is 2.29. The van der Waals surface area contributed by atoms with Gasteiger partial charge in [-0.15, -0.1) is 0 Å². The van der Waals surface area contributed by atoms with Gasteiger partial charge in [-0.05, 0) is 46.5 Å². The lowest BCUT2D eigenvalue weighted by molar-refractivity contribution is -0.115. The topological polar surface area (TPSA) is 112 Å². The van der Waals surface area contributed by atoms with Crippen molar-refractivity contribution in [1.29, 1.82) is 0 Å². The molecule has 0 bridgehead atoms. The summed E-state index contributed by atoms with van der Waals surface area (Å²) < 4.78 is 1.52. The molecule has 0 aliphatic carbocycles. The van der Waals surface area contributed by atoms with E-state index in [1.807, 2.05) is 0 Å². The summed E-state index contributed by atoms with van der Waals surface area (Å²) in [5, 5.41) is -2.35. The van der Waals surface area contributed by atoms with Gasteiger partial charge in [-0.25, -0.2) is 0 Å². The van der Waals surface area contributed by atoms with E-state index in [0.717, 1.165) is 21.3 Å². The van der Waals surface area contributed by atoms with Crippen molar-refractivity contribution >= 4 is 55.2 Å². The lowest BCUT2D eigenvalue weighted by Crippen LogP contribution is -2.34. The van der Waals surface area contributed by atoms with Crippen molar-refractivity contribution in [1.82, 2.24) is 9.13 Å². The summed E-state index contributed by atoms with van der Waals surface area (Å²) in [5.74, 6) is 0. The molecule has 0 spiro atoms. The van der Waals surface area contributed by atoms with Gasteiger partial charge in [0.1, 0.15) is 12.1 Å². The Morgan fingerprint density at radius 1 is 0.553 bits per heavy atom. The second kappa shape index (κ2) is 9.96. The molecular weight excluding hydrogens is 531 g/mol. The van der Waals surface area contributed by atoms with E-state index in [1.54, 1.807) is 60.7 Å². The number of fused-ring (bicyclic) bond motifs is 2. The van der Waals surface area contributed by atoms with Crippen LogP contribution in [0.25, 0.3) is 21.5 Å². The van der Waals surface area contributed by atoms with E-state index in [-0.39, 0.29) is 34.4 Å². The molecule has 0 amide bonds. The number of aromatic nitrogens is 2. The van der Waals surface area contributed by atoms with Gasteiger partial charge >= 0.3 is 0 Å². The van der Waals surface area contributed by atoms with Gasteiger partial charge < -0.3 is 0 Å². The molecule has 8 nitrogen and oxygen atoms in total. The summed E-state index contributed by atoms with van der Waals surface area (Å²) in [4.78, 5) is 77.8. The van der Waals surface area contributed by atoms with Crippen LogP contribution in [0.3, 0.4) is 0 Å². The largest absolute Gasteiger partial charge is 0.279 e. The average molecular weight is 549 g/mol. The third kappa shape index (κ3) is 4.31. The molecule has 0 radical (unpaired) electrons. The molecule has 0 aliphatic heterocycles. The molecule has 2 aromatic heterocycles. The number of benzene rings is 3. The number of hydrogen-bond acceptors (Lipinski definition) is 6. The number of hydrogen-bond donors (Lipinski definition) is 0. The summed E-state index contributed by atoms with van der Waals surface area (Å²) in [6, 6.07) is 17.2. The first-order valence-electron chi connectivity index (χ1n) is 11.6. The van der Waals surface area contributed by atoms with Crippen LogP contribution in [-0.4, -0.2) is 19.6 Å². The van der Waals surface area contributed by atoms with Crippen LogP contribution in [0.5, 0.6) is 0 Å². The van der Waals surface area contributed by atoms with Crippen LogP contribution in [-0.2, 0) is 22.4 Å². The van der Waals surface area contributed by atoms with E-state index in [4.69, 9.17) is 23.2 Å². The number of nitrogens with zero attached hydrogens (tertiary/aromatic N) is 2. The summed E-state index contributed by atoms with van der Waals surface area (Å²) in [7, 11) is 0. The second-order valence-corrected chi connectivity index (χ2v) is 9.67. The third-order valence-corrected chi connectivity index (χ3v) is 7.15. The molecule has 5 aromatic rings. The van der Waals surface area contributed by atoms with Crippen LogP contribution in [0.15, 0.2) is 92.0 Å². The van der Waals surface area contributed by atoms with E-state index in [9.17, 15) is 28.8 Å². The van der Waals surface area contributed by atoms with Crippen molar-refractivity contribution < 1.29 is 9.59 Å². The molecule has 0 N–H and O–H groups in total. The zero-order valence-corrected chi connectivity index (χ0v) is 21.1. The molecule has 38 heavy (non-hydrogen) atoms.